The van der Waals surface area contributed by atoms with E-state index >= 15 is 0 Å². The van der Waals surface area contributed by atoms with Gasteiger partial charge < -0.3 is 20.3 Å². The van der Waals surface area contributed by atoms with Crippen molar-refractivity contribution in [3.63, 3.8) is 0 Å². The quantitative estimate of drug-likeness (QED) is 0.324. The second-order valence-electron chi connectivity index (χ2n) is 8.32. The van der Waals surface area contributed by atoms with Crippen LogP contribution in [0.1, 0.15) is 55.1 Å². The molecule has 1 aromatic heterocycles. The summed E-state index contributed by atoms with van der Waals surface area (Å²) in [5.41, 5.74) is 4.44. The van der Waals surface area contributed by atoms with Crippen LogP contribution < -0.4 is 10.1 Å². The van der Waals surface area contributed by atoms with Crippen LogP contribution >= 0.6 is 0 Å². The number of aliphatic hydroxyl groups excluding tert-OH is 1. The zero-order valence-electron chi connectivity index (χ0n) is 17.9. The molecule has 0 radical (unpaired) electrons. The number of nitrogens with zero attached hydrogens (tertiary/aromatic N) is 3. The SMILES string of the molecule is C=NN(/C=C(\C)c1ccc2c(c1)OCC[C@@H]2CNc1cnccc1C(O)O)CC1CC1. The van der Waals surface area contributed by atoms with Crippen molar-refractivity contribution in [2.24, 2.45) is 11.0 Å². The van der Waals surface area contributed by atoms with E-state index in [0.29, 0.717) is 24.4 Å². The summed E-state index contributed by atoms with van der Waals surface area (Å²) in [6.45, 7) is 8.01. The molecule has 0 amide bonds. The minimum Gasteiger partial charge on any atom is -0.493 e. The first-order valence-electron chi connectivity index (χ1n) is 10.8. The number of anilines is 1. The molecule has 1 fully saturated rings. The van der Waals surface area contributed by atoms with Crippen LogP contribution in [0.15, 0.2) is 48.0 Å². The Balaban J connectivity index is 1.47. The highest BCUT2D eigenvalue weighted by Crippen LogP contribution is 2.36. The van der Waals surface area contributed by atoms with Crippen LogP contribution in [0.5, 0.6) is 5.75 Å². The predicted molar refractivity (Wildman–Crippen MR) is 122 cm³/mol. The predicted octanol–water partition coefficient (Wildman–Crippen LogP) is 3.73. The number of benzene rings is 1. The highest BCUT2D eigenvalue weighted by atomic mass is 16.5. The molecule has 0 saturated heterocycles. The van der Waals surface area contributed by atoms with E-state index in [1.165, 1.54) is 12.8 Å². The maximum absolute atomic E-state index is 9.56. The third-order valence-electron chi connectivity index (χ3n) is 5.97. The zero-order chi connectivity index (χ0) is 21.8. The molecule has 1 aliphatic heterocycles. The van der Waals surface area contributed by atoms with Crippen molar-refractivity contribution >= 4 is 18.0 Å². The lowest BCUT2D eigenvalue weighted by Crippen LogP contribution is -2.21. The molecular formula is C24H30N4O3. The Morgan fingerprint density at radius 1 is 1.35 bits per heavy atom. The molecular weight excluding hydrogens is 392 g/mol. The number of aromatic nitrogens is 1. The highest BCUT2D eigenvalue weighted by molar-refractivity contribution is 5.66. The molecule has 1 saturated carbocycles. The Morgan fingerprint density at radius 3 is 2.94 bits per heavy atom. The maximum Gasteiger partial charge on any atom is 0.180 e. The number of nitrogens with one attached hydrogen (secondary N) is 1. The van der Waals surface area contributed by atoms with Gasteiger partial charge in [-0.2, -0.15) is 5.10 Å². The topological polar surface area (TPSA) is 90.2 Å². The van der Waals surface area contributed by atoms with Crippen molar-refractivity contribution < 1.29 is 14.9 Å². The summed E-state index contributed by atoms with van der Waals surface area (Å²) in [5, 5.41) is 28.5. The van der Waals surface area contributed by atoms with Crippen LogP contribution in [0.2, 0.25) is 0 Å². The van der Waals surface area contributed by atoms with E-state index < -0.39 is 6.29 Å². The van der Waals surface area contributed by atoms with Crippen LogP contribution in [0.4, 0.5) is 5.69 Å². The number of rotatable bonds is 9. The molecule has 3 N–H and O–H groups in total. The van der Waals surface area contributed by atoms with E-state index in [1.807, 2.05) is 5.01 Å². The van der Waals surface area contributed by atoms with Crippen molar-refractivity contribution in [3.8, 4) is 5.75 Å². The molecule has 0 bridgehead atoms. The van der Waals surface area contributed by atoms with Gasteiger partial charge >= 0.3 is 0 Å². The van der Waals surface area contributed by atoms with Gasteiger partial charge in [-0.1, -0.05) is 12.1 Å². The fourth-order valence-electron chi connectivity index (χ4n) is 3.95. The highest BCUT2D eigenvalue weighted by Gasteiger charge is 2.24. The summed E-state index contributed by atoms with van der Waals surface area (Å²) in [5.74, 6) is 1.89. The molecule has 164 valence electrons. The van der Waals surface area contributed by atoms with E-state index in [-0.39, 0.29) is 5.92 Å². The van der Waals surface area contributed by atoms with Gasteiger partial charge in [0, 0.05) is 43.7 Å². The average Bonchev–Trinajstić information content (AvgIpc) is 3.60. The first-order valence-corrected chi connectivity index (χ1v) is 10.8. The maximum atomic E-state index is 9.56. The average molecular weight is 423 g/mol. The van der Waals surface area contributed by atoms with Crippen molar-refractivity contribution in [3.05, 3.63) is 59.5 Å². The smallest absolute Gasteiger partial charge is 0.180 e. The number of pyridine rings is 1. The second kappa shape index (κ2) is 9.49. The Kier molecular flexibility index (Phi) is 6.53. The van der Waals surface area contributed by atoms with Crippen LogP contribution in [0.25, 0.3) is 5.57 Å². The minimum atomic E-state index is -1.53. The van der Waals surface area contributed by atoms with Crippen LogP contribution in [0, 0.1) is 5.92 Å². The van der Waals surface area contributed by atoms with E-state index in [4.69, 9.17) is 4.74 Å². The van der Waals surface area contributed by atoms with E-state index in [0.717, 1.165) is 41.3 Å². The van der Waals surface area contributed by atoms with E-state index in [2.05, 4.69) is 53.4 Å². The molecule has 31 heavy (non-hydrogen) atoms. The summed E-state index contributed by atoms with van der Waals surface area (Å²) >= 11 is 0. The molecule has 1 aliphatic carbocycles. The Bertz CT molecular complexity index is 956. The van der Waals surface area contributed by atoms with Crippen molar-refractivity contribution in [2.45, 2.75) is 38.4 Å². The molecule has 1 atom stereocenters. The standard InChI is InChI=1S/C24H30N4O3/c1-16(14-28(25-2)15-17-3-4-17)18-5-6-20-19(8-10-31-23(20)11-18)12-27-22-13-26-9-7-21(22)24(29)30/h5-7,9,11,13-14,17,19,24,27,29-30H,2-4,8,10,12,15H2,1H3/b16-14+/t19-/m1/s1. The van der Waals surface area contributed by atoms with Gasteiger partial charge in [0.1, 0.15) is 5.75 Å². The van der Waals surface area contributed by atoms with Crippen molar-refractivity contribution in [1.29, 1.82) is 0 Å². The first-order chi connectivity index (χ1) is 15.0. The van der Waals surface area contributed by atoms with Gasteiger partial charge in [-0.05, 0) is 60.9 Å². The number of allylic oxidation sites excluding steroid dienone is 1. The number of aliphatic hydroxyl groups is 2. The van der Waals surface area contributed by atoms with Gasteiger partial charge in [0.15, 0.2) is 6.29 Å². The van der Waals surface area contributed by atoms with E-state index in [9.17, 15) is 10.2 Å². The summed E-state index contributed by atoms with van der Waals surface area (Å²) < 4.78 is 5.97. The van der Waals surface area contributed by atoms with Crippen molar-refractivity contribution in [2.75, 3.05) is 25.0 Å². The van der Waals surface area contributed by atoms with Gasteiger partial charge in [0.2, 0.25) is 0 Å². The number of hydrogen-bond donors (Lipinski definition) is 3. The van der Waals surface area contributed by atoms with Gasteiger partial charge in [-0.15, -0.1) is 0 Å². The van der Waals surface area contributed by atoms with Crippen LogP contribution in [-0.2, 0) is 0 Å². The number of hydrogen-bond acceptors (Lipinski definition) is 7. The molecule has 2 aromatic rings. The first kappa shape index (κ1) is 21.3. The van der Waals surface area contributed by atoms with Gasteiger partial charge in [-0.25, -0.2) is 0 Å². The second-order valence-corrected chi connectivity index (χ2v) is 8.32. The number of fused-ring (bicyclic) bond motifs is 1. The fraction of sp³-hybridized carbons (Fsp3) is 0.417. The largest absolute Gasteiger partial charge is 0.493 e. The third-order valence-corrected chi connectivity index (χ3v) is 5.97. The Morgan fingerprint density at radius 2 is 2.19 bits per heavy atom. The fourth-order valence-corrected chi connectivity index (χ4v) is 3.95. The van der Waals surface area contributed by atoms with Crippen LogP contribution in [0.3, 0.4) is 0 Å². The monoisotopic (exact) mass is 422 g/mol. The summed E-state index contributed by atoms with van der Waals surface area (Å²) in [7, 11) is 0. The third kappa shape index (κ3) is 5.24. The molecule has 0 spiro atoms. The normalized spacial score (nSPS) is 18.3. The Hall–Kier alpha value is -2.90. The zero-order valence-corrected chi connectivity index (χ0v) is 17.9. The van der Waals surface area contributed by atoms with Gasteiger partial charge in [0.25, 0.3) is 0 Å². The van der Waals surface area contributed by atoms with E-state index in [1.54, 1.807) is 18.5 Å². The molecule has 2 heterocycles. The molecule has 7 heteroatoms. The molecule has 0 unspecified atom stereocenters. The molecule has 7 nitrogen and oxygen atoms in total. The number of hydrazone groups is 1. The molecule has 2 aliphatic rings. The molecule has 1 aromatic carbocycles. The summed E-state index contributed by atoms with van der Waals surface area (Å²) in [4.78, 5) is 4.09. The van der Waals surface area contributed by atoms with Crippen LogP contribution in [-0.4, -0.2) is 46.6 Å². The van der Waals surface area contributed by atoms with Crippen molar-refractivity contribution in [1.82, 2.24) is 9.99 Å². The summed E-state index contributed by atoms with van der Waals surface area (Å²) in [6, 6.07) is 7.96. The molecule has 4 rings (SSSR count). The lowest BCUT2D eigenvalue weighted by atomic mass is 9.91. The minimum absolute atomic E-state index is 0.257. The lowest BCUT2D eigenvalue weighted by molar-refractivity contribution is -0.0419. The Labute approximate surface area is 183 Å². The summed E-state index contributed by atoms with van der Waals surface area (Å²) in [6.07, 6.45) is 7.13. The number of ether oxygens (including phenoxy) is 1. The van der Waals surface area contributed by atoms with Gasteiger partial charge in [-0.3, -0.25) is 9.99 Å². The van der Waals surface area contributed by atoms with Gasteiger partial charge in [0.05, 0.1) is 18.5 Å². The lowest BCUT2D eigenvalue weighted by Gasteiger charge is -2.27.